The molecule has 1 amide bonds. The number of carbonyl (C=O) groups excluding carboxylic acids is 1. The van der Waals surface area contributed by atoms with Crippen molar-refractivity contribution < 1.29 is 18.0 Å². The van der Waals surface area contributed by atoms with Gasteiger partial charge in [0.05, 0.1) is 18.2 Å². The van der Waals surface area contributed by atoms with Crippen molar-refractivity contribution in [2.24, 2.45) is 5.73 Å². The van der Waals surface area contributed by atoms with Crippen LogP contribution < -0.4 is 5.73 Å². The molecule has 23 heavy (non-hydrogen) atoms. The molecule has 0 saturated carbocycles. The molecule has 1 unspecified atom stereocenters. The zero-order valence-electron chi connectivity index (χ0n) is 12.4. The highest BCUT2D eigenvalue weighted by molar-refractivity contribution is 5.78. The Hall–Kier alpha value is -2.09. The first-order valence-corrected chi connectivity index (χ1v) is 7.39. The third kappa shape index (κ3) is 3.31. The van der Waals surface area contributed by atoms with Gasteiger partial charge >= 0.3 is 0 Å². The Labute approximate surface area is 130 Å². The zero-order valence-corrected chi connectivity index (χ0v) is 12.4. The number of nitrogens with two attached hydrogens (primary N) is 1. The molecule has 3 heterocycles. The Kier molecular flexibility index (Phi) is 4.01. The summed E-state index contributed by atoms with van der Waals surface area (Å²) in [6.07, 6.45) is 2.45. The number of likely N-dealkylation sites (tertiary alicyclic amines) is 1. The second kappa shape index (κ2) is 5.84. The maximum Gasteiger partial charge on any atom is 0.264 e. The van der Waals surface area contributed by atoms with Crippen molar-refractivity contribution >= 4 is 11.6 Å². The summed E-state index contributed by atoms with van der Waals surface area (Å²) >= 11 is 0. The van der Waals surface area contributed by atoms with Crippen LogP contribution in [0.3, 0.4) is 0 Å². The van der Waals surface area contributed by atoms with E-state index >= 15 is 0 Å². The van der Waals surface area contributed by atoms with E-state index in [-0.39, 0.29) is 31.8 Å². The molecule has 0 aliphatic carbocycles. The molecule has 2 N–H and O–H groups in total. The van der Waals surface area contributed by atoms with Crippen LogP contribution in [0.25, 0.3) is 5.65 Å². The number of rotatable bonds is 2. The summed E-state index contributed by atoms with van der Waals surface area (Å²) in [6, 6.07) is 1.57. The molecule has 1 atom stereocenters. The number of pyridine rings is 1. The van der Waals surface area contributed by atoms with Gasteiger partial charge in [-0.1, -0.05) is 0 Å². The van der Waals surface area contributed by atoms with Gasteiger partial charge in [-0.05, 0) is 18.6 Å². The van der Waals surface area contributed by atoms with Crippen LogP contribution in [-0.2, 0) is 11.2 Å². The SMILES string of the molecule is NC1CCN(C(=O)Cc2cn3cc(F)ccc3n2)CCC1(F)F. The third-order valence-electron chi connectivity index (χ3n) is 4.12. The van der Waals surface area contributed by atoms with Crippen molar-refractivity contribution in [1.82, 2.24) is 14.3 Å². The van der Waals surface area contributed by atoms with E-state index in [0.717, 1.165) is 0 Å². The van der Waals surface area contributed by atoms with Gasteiger partial charge in [0.1, 0.15) is 11.5 Å². The van der Waals surface area contributed by atoms with Crippen molar-refractivity contribution in [2.75, 3.05) is 13.1 Å². The van der Waals surface area contributed by atoms with Crippen molar-refractivity contribution in [2.45, 2.75) is 31.2 Å². The molecule has 0 spiro atoms. The van der Waals surface area contributed by atoms with Gasteiger partial charge in [0.25, 0.3) is 5.92 Å². The topological polar surface area (TPSA) is 63.6 Å². The molecule has 2 aromatic rings. The van der Waals surface area contributed by atoms with E-state index < -0.39 is 24.2 Å². The Morgan fingerprint density at radius 3 is 2.91 bits per heavy atom. The number of hydrogen-bond donors (Lipinski definition) is 1. The van der Waals surface area contributed by atoms with Gasteiger partial charge in [0, 0.05) is 31.9 Å². The Morgan fingerprint density at radius 2 is 2.13 bits per heavy atom. The van der Waals surface area contributed by atoms with Crippen molar-refractivity contribution in [3.05, 3.63) is 36.0 Å². The highest BCUT2D eigenvalue weighted by atomic mass is 19.3. The lowest BCUT2D eigenvalue weighted by atomic mass is 10.1. The molecule has 0 bridgehead atoms. The molecule has 1 aliphatic heterocycles. The fourth-order valence-corrected chi connectivity index (χ4v) is 2.71. The highest BCUT2D eigenvalue weighted by Crippen LogP contribution is 2.27. The molecule has 1 fully saturated rings. The number of carbonyl (C=O) groups is 1. The number of imidazole rings is 1. The zero-order chi connectivity index (χ0) is 16.6. The van der Waals surface area contributed by atoms with Gasteiger partial charge in [-0.15, -0.1) is 0 Å². The number of alkyl halides is 2. The number of fused-ring (bicyclic) bond motifs is 1. The molecule has 1 aliphatic rings. The molecule has 124 valence electrons. The third-order valence-corrected chi connectivity index (χ3v) is 4.12. The molecular weight excluding hydrogens is 309 g/mol. The minimum atomic E-state index is -2.95. The summed E-state index contributed by atoms with van der Waals surface area (Å²) in [5.41, 5.74) is 6.45. The van der Waals surface area contributed by atoms with Crippen LogP contribution in [0.1, 0.15) is 18.5 Å². The predicted octanol–water partition coefficient (Wildman–Crippen LogP) is 1.60. The van der Waals surface area contributed by atoms with Crippen LogP contribution in [0, 0.1) is 5.82 Å². The first-order valence-electron chi connectivity index (χ1n) is 7.39. The minimum absolute atomic E-state index is 0.00981. The second-order valence-corrected chi connectivity index (χ2v) is 5.81. The van der Waals surface area contributed by atoms with Gasteiger partial charge in [-0.2, -0.15) is 0 Å². The number of amides is 1. The minimum Gasteiger partial charge on any atom is -0.342 e. The fourth-order valence-electron chi connectivity index (χ4n) is 2.71. The van der Waals surface area contributed by atoms with Crippen LogP contribution >= 0.6 is 0 Å². The van der Waals surface area contributed by atoms with Crippen LogP contribution in [-0.4, -0.2) is 45.2 Å². The monoisotopic (exact) mass is 326 g/mol. The summed E-state index contributed by atoms with van der Waals surface area (Å²) in [5, 5.41) is 0. The lowest BCUT2D eigenvalue weighted by Gasteiger charge is -2.20. The van der Waals surface area contributed by atoms with Crippen molar-refractivity contribution in [1.29, 1.82) is 0 Å². The lowest BCUT2D eigenvalue weighted by molar-refractivity contribution is -0.130. The molecule has 8 heteroatoms. The normalized spacial score (nSPS) is 21.4. The van der Waals surface area contributed by atoms with E-state index in [0.29, 0.717) is 11.3 Å². The van der Waals surface area contributed by atoms with Gasteiger partial charge in [0.15, 0.2) is 0 Å². The quantitative estimate of drug-likeness (QED) is 0.912. The largest absolute Gasteiger partial charge is 0.342 e. The van der Waals surface area contributed by atoms with E-state index in [1.54, 1.807) is 6.20 Å². The average molecular weight is 326 g/mol. The maximum absolute atomic E-state index is 13.6. The van der Waals surface area contributed by atoms with E-state index in [1.807, 2.05) is 0 Å². The smallest absolute Gasteiger partial charge is 0.264 e. The Bertz CT molecular complexity index is 731. The lowest BCUT2D eigenvalue weighted by Crippen LogP contribution is -2.40. The summed E-state index contributed by atoms with van der Waals surface area (Å²) in [5.74, 6) is -3.63. The average Bonchev–Trinajstić information content (AvgIpc) is 2.81. The van der Waals surface area contributed by atoms with Crippen LogP contribution in [0.15, 0.2) is 24.5 Å². The number of hydrogen-bond acceptors (Lipinski definition) is 3. The Morgan fingerprint density at radius 1 is 1.35 bits per heavy atom. The molecule has 3 rings (SSSR count). The van der Waals surface area contributed by atoms with Gasteiger partial charge < -0.3 is 15.0 Å². The first-order chi connectivity index (χ1) is 10.8. The predicted molar refractivity (Wildman–Crippen MR) is 77.6 cm³/mol. The maximum atomic E-state index is 13.6. The van der Waals surface area contributed by atoms with Crippen LogP contribution in [0.5, 0.6) is 0 Å². The summed E-state index contributed by atoms with van der Waals surface area (Å²) in [4.78, 5) is 17.9. The van der Waals surface area contributed by atoms with E-state index in [1.165, 1.54) is 27.6 Å². The molecule has 1 saturated heterocycles. The summed E-state index contributed by atoms with van der Waals surface area (Å²) in [7, 11) is 0. The van der Waals surface area contributed by atoms with E-state index in [2.05, 4.69) is 4.98 Å². The van der Waals surface area contributed by atoms with Crippen LogP contribution in [0.2, 0.25) is 0 Å². The molecule has 0 aromatic carbocycles. The van der Waals surface area contributed by atoms with Crippen LogP contribution in [0.4, 0.5) is 13.2 Å². The molecule has 5 nitrogen and oxygen atoms in total. The first kappa shape index (κ1) is 15.8. The van der Waals surface area contributed by atoms with E-state index in [4.69, 9.17) is 5.73 Å². The molecule has 0 radical (unpaired) electrons. The van der Waals surface area contributed by atoms with Crippen molar-refractivity contribution in [3.8, 4) is 0 Å². The molecule has 2 aromatic heterocycles. The number of nitrogens with zero attached hydrogens (tertiary/aromatic N) is 3. The summed E-state index contributed by atoms with van der Waals surface area (Å²) < 4.78 is 41.8. The van der Waals surface area contributed by atoms with Gasteiger partial charge in [-0.25, -0.2) is 18.2 Å². The summed E-state index contributed by atoms with van der Waals surface area (Å²) in [6.45, 7) is 0.180. The fraction of sp³-hybridized carbons (Fsp3) is 0.467. The van der Waals surface area contributed by atoms with Gasteiger partial charge in [0.2, 0.25) is 5.91 Å². The molecular formula is C15H17F3N4O. The number of halogens is 3. The highest BCUT2D eigenvalue weighted by Gasteiger charge is 2.40. The standard InChI is InChI=1S/C15H17F3N4O/c16-10-1-2-13-20-11(9-22(13)8-10)7-14(23)21-5-3-12(19)15(17,18)4-6-21/h1-2,8-9,12H,3-7,19H2. The Balaban J connectivity index is 1.70. The van der Waals surface area contributed by atoms with Crippen molar-refractivity contribution in [3.63, 3.8) is 0 Å². The number of aromatic nitrogens is 2. The second-order valence-electron chi connectivity index (χ2n) is 5.81. The van der Waals surface area contributed by atoms with E-state index in [9.17, 15) is 18.0 Å². The van der Waals surface area contributed by atoms with Gasteiger partial charge in [-0.3, -0.25) is 4.79 Å².